The van der Waals surface area contributed by atoms with E-state index < -0.39 is 5.97 Å². The molecule has 0 radical (unpaired) electrons. The number of hydrogen-bond acceptors (Lipinski definition) is 5. The van der Waals surface area contributed by atoms with Crippen LogP contribution in [0, 0.1) is 24.2 Å². The molecule has 0 aromatic carbocycles. The first-order valence-corrected chi connectivity index (χ1v) is 6.37. The summed E-state index contributed by atoms with van der Waals surface area (Å²) in [5.74, 6) is -0.577. The van der Waals surface area contributed by atoms with Crippen molar-refractivity contribution in [1.29, 1.82) is 5.26 Å². The van der Waals surface area contributed by atoms with Crippen LogP contribution in [0.5, 0.6) is 0 Å². The molecule has 2 bridgehead atoms. The van der Waals surface area contributed by atoms with Crippen LogP contribution in [-0.4, -0.2) is 33.1 Å². The minimum atomic E-state index is -0.745. The van der Waals surface area contributed by atoms with E-state index in [1.165, 1.54) is 0 Å². The van der Waals surface area contributed by atoms with Crippen LogP contribution in [0.4, 0.5) is 5.95 Å². The number of aryl methyl sites for hydroxylation is 1. The lowest BCUT2D eigenvalue weighted by Gasteiger charge is -2.23. The van der Waals surface area contributed by atoms with E-state index in [9.17, 15) is 9.90 Å². The number of nitrogens with zero attached hydrogens (tertiary/aromatic N) is 4. The molecular weight excluding hydrogens is 244 g/mol. The van der Waals surface area contributed by atoms with Crippen molar-refractivity contribution in [1.82, 2.24) is 9.97 Å². The Kier molecular flexibility index (Phi) is 2.63. The summed E-state index contributed by atoms with van der Waals surface area (Å²) in [6.45, 7) is 1.82. The van der Waals surface area contributed by atoms with E-state index in [1.54, 1.807) is 6.07 Å². The van der Waals surface area contributed by atoms with Crippen molar-refractivity contribution < 1.29 is 9.90 Å². The van der Waals surface area contributed by atoms with Gasteiger partial charge in [-0.05, 0) is 32.3 Å². The molecule has 0 amide bonds. The third-order valence-corrected chi connectivity index (χ3v) is 4.04. The molecule has 3 atom stereocenters. The van der Waals surface area contributed by atoms with Gasteiger partial charge in [0.2, 0.25) is 5.95 Å². The number of aromatic nitrogens is 2. The zero-order valence-electron chi connectivity index (χ0n) is 10.6. The molecule has 3 unspecified atom stereocenters. The zero-order chi connectivity index (χ0) is 13.6. The summed E-state index contributed by atoms with van der Waals surface area (Å²) in [5, 5.41) is 18.2. The fourth-order valence-electron chi connectivity index (χ4n) is 3.29. The molecule has 0 spiro atoms. The Hall–Kier alpha value is -2.16. The molecule has 3 rings (SSSR count). The van der Waals surface area contributed by atoms with Gasteiger partial charge in [0.15, 0.2) is 0 Å². The van der Waals surface area contributed by atoms with Crippen molar-refractivity contribution in [3.63, 3.8) is 0 Å². The number of carboxylic acids is 1. The minimum absolute atomic E-state index is 0.0316. The van der Waals surface area contributed by atoms with Gasteiger partial charge >= 0.3 is 5.97 Å². The van der Waals surface area contributed by atoms with Gasteiger partial charge in [-0.15, -0.1) is 0 Å². The number of nitriles is 1. The third-order valence-electron chi connectivity index (χ3n) is 4.04. The molecule has 19 heavy (non-hydrogen) atoms. The zero-order valence-corrected chi connectivity index (χ0v) is 10.6. The van der Waals surface area contributed by atoms with E-state index >= 15 is 0 Å². The van der Waals surface area contributed by atoms with Crippen LogP contribution in [0.25, 0.3) is 0 Å². The van der Waals surface area contributed by atoms with E-state index in [0.717, 1.165) is 18.5 Å². The molecule has 1 aromatic heterocycles. The second kappa shape index (κ2) is 4.19. The Morgan fingerprint density at radius 1 is 1.53 bits per heavy atom. The molecule has 0 saturated carbocycles. The number of rotatable bonds is 2. The van der Waals surface area contributed by atoms with Crippen LogP contribution >= 0.6 is 0 Å². The van der Waals surface area contributed by atoms with Gasteiger partial charge < -0.3 is 10.0 Å². The van der Waals surface area contributed by atoms with E-state index in [2.05, 4.69) is 9.97 Å². The maximum atomic E-state index is 11.2. The van der Waals surface area contributed by atoms with Crippen molar-refractivity contribution >= 4 is 11.9 Å². The van der Waals surface area contributed by atoms with E-state index in [0.29, 0.717) is 18.1 Å². The molecule has 3 heterocycles. The molecule has 6 nitrogen and oxygen atoms in total. The summed E-state index contributed by atoms with van der Waals surface area (Å²) in [6.07, 6.45) is 2.49. The molecule has 6 heteroatoms. The maximum absolute atomic E-state index is 11.2. The molecule has 1 aromatic rings. The Morgan fingerprint density at radius 2 is 2.32 bits per heavy atom. The van der Waals surface area contributed by atoms with Crippen molar-refractivity contribution in [3.05, 3.63) is 17.5 Å². The number of aliphatic carboxylic acids is 1. The highest BCUT2D eigenvalue weighted by Crippen LogP contribution is 2.43. The summed E-state index contributed by atoms with van der Waals surface area (Å²) >= 11 is 0. The minimum Gasteiger partial charge on any atom is -0.481 e. The van der Waals surface area contributed by atoms with Gasteiger partial charge in [-0.1, -0.05) is 0 Å². The summed E-state index contributed by atoms with van der Waals surface area (Å²) < 4.78 is 0. The lowest BCUT2D eigenvalue weighted by Crippen LogP contribution is -2.34. The molecule has 1 N–H and O–H groups in total. The van der Waals surface area contributed by atoms with Crippen LogP contribution in [-0.2, 0) is 4.79 Å². The Labute approximate surface area is 110 Å². The van der Waals surface area contributed by atoms with Crippen LogP contribution in [0.1, 0.15) is 30.7 Å². The van der Waals surface area contributed by atoms with Gasteiger partial charge in [0.1, 0.15) is 11.8 Å². The first-order valence-electron chi connectivity index (χ1n) is 6.37. The average Bonchev–Trinajstić information content (AvgIpc) is 2.95. The van der Waals surface area contributed by atoms with Crippen LogP contribution in [0.2, 0.25) is 0 Å². The highest BCUT2D eigenvalue weighted by atomic mass is 16.4. The smallest absolute Gasteiger partial charge is 0.308 e. The Morgan fingerprint density at radius 3 is 2.95 bits per heavy atom. The number of carbonyl (C=O) groups is 1. The maximum Gasteiger partial charge on any atom is 0.308 e. The van der Waals surface area contributed by atoms with E-state index in [4.69, 9.17) is 5.26 Å². The number of anilines is 1. The molecule has 98 valence electrons. The Balaban J connectivity index is 1.98. The molecule has 2 saturated heterocycles. The van der Waals surface area contributed by atoms with Crippen LogP contribution in [0.3, 0.4) is 0 Å². The summed E-state index contributed by atoms with van der Waals surface area (Å²) in [4.78, 5) is 21.8. The lowest BCUT2D eigenvalue weighted by atomic mass is 9.89. The number of hydrogen-bond donors (Lipinski definition) is 1. The largest absolute Gasteiger partial charge is 0.481 e. The van der Waals surface area contributed by atoms with Crippen molar-refractivity contribution in [3.8, 4) is 6.07 Å². The fraction of sp³-hybridized carbons (Fsp3) is 0.538. The standard InChI is InChI=1S/C13H14N4O2/c1-7-4-8(6-14)16-13(15-7)17-9-2-3-11(17)10(5-9)12(18)19/h4,9-11H,2-3,5H2,1H3,(H,18,19). The van der Waals surface area contributed by atoms with Gasteiger partial charge in [0.25, 0.3) is 0 Å². The monoisotopic (exact) mass is 258 g/mol. The van der Waals surface area contributed by atoms with E-state index in [-0.39, 0.29) is 18.0 Å². The van der Waals surface area contributed by atoms with Crippen LogP contribution < -0.4 is 4.90 Å². The molecule has 0 aliphatic carbocycles. The van der Waals surface area contributed by atoms with Crippen molar-refractivity contribution in [2.45, 2.75) is 38.3 Å². The average molecular weight is 258 g/mol. The summed E-state index contributed by atoms with van der Waals surface area (Å²) in [7, 11) is 0. The lowest BCUT2D eigenvalue weighted by molar-refractivity contribution is -0.142. The van der Waals surface area contributed by atoms with Gasteiger partial charge in [-0.3, -0.25) is 4.79 Å². The van der Waals surface area contributed by atoms with E-state index in [1.807, 2.05) is 17.9 Å². The van der Waals surface area contributed by atoms with Crippen LogP contribution in [0.15, 0.2) is 6.07 Å². The van der Waals surface area contributed by atoms with Gasteiger partial charge in [-0.25, -0.2) is 9.97 Å². The second-order valence-corrected chi connectivity index (χ2v) is 5.19. The highest BCUT2D eigenvalue weighted by Gasteiger charge is 2.50. The fourth-order valence-corrected chi connectivity index (χ4v) is 3.29. The molecule has 2 aliphatic heterocycles. The summed E-state index contributed by atoms with van der Waals surface area (Å²) in [5.41, 5.74) is 1.07. The molecule has 2 fully saturated rings. The molecular formula is C13H14N4O2. The predicted octanol–water partition coefficient (Wildman–Crippen LogP) is 1.10. The number of carboxylic acid groups (broad SMARTS) is 1. The molecule has 2 aliphatic rings. The quantitative estimate of drug-likeness (QED) is 0.854. The normalized spacial score (nSPS) is 28.4. The topological polar surface area (TPSA) is 90.1 Å². The highest BCUT2D eigenvalue weighted by molar-refractivity contribution is 5.73. The van der Waals surface area contributed by atoms with Gasteiger partial charge in [0.05, 0.1) is 5.92 Å². The summed E-state index contributed by atoms with van der Waals surface area (Å²) in [6, 6.07) is 3.82. The Bertz CT molecular complexity index is 580. The third kappa shape index (κ3) is 1.82. The SMILES string of the molecule is Cc1cc(C#N)nc(N2C3CCC2C(C(=O)O)C3)n1. The van der Waals surface area contributed by atoms with Crippen molar-refractivity contribution in [2.75, 3.05) is 4.90 Å². The van der Waals surface area contributed by atoms with Crippen molar-refractivity contribution in [2.24, 2.45) is 5.92 Å². The predicted molar refractivity (Wildman–Crippen MR) is 66.5 cm³/mol. The second-order valence-electron chi connectivity index (χ2n) is 5.19. The number of fused-ring (bicyclic) bond motifs is 2. The first-order chi connectivity index (χ1) is 9.10. The first kappa shape index (κ1) is 11.9. The van der Waals surface area contributed by atoms with Gasteiger partial charge in [-0.2, -0.15) is 5.26 Å². The van der Waals surface area contributed by atoms with Gasteiger partial charge in [0, 0.05) is 17.8 Å².